The Balaban J connectivity index is 0.00000150. The molecule has 0 bridgehead atoms. The zero-order chi connectivity index (χ0) is 18.6. The minimum absolute atomic E-state index is 0. The Morgan fingerprint density at radius 3 is 2.62 bits per heavy atom. The summed E-state index contributed by atoms with van der Waals surface area (Å²) < 4.78 is 1.22. The van der Waals surface area contributed by atoms with E-state index >= 15 is 0 Å². The van der Waals surface area contributed by atoms with Gasteiger partial charge in [-0.3, -0.25) is 4.79 Å². The third-order valence-electron chi connectivity index (χ3n) is 5.99. The third kappa shape index (κ3) is 5.52. The summed E-state index contributed by atoms with van der Waals surface area (Å²) in [6.45, 7) is 6.07. The average molecular weight is 456 g/mol. The van der Waals surface area contributed by atoms with Gasteiger partial charge in [0.1, 0.15) is 0 Å². The van der Waals surface area contributed by atoms with Crippen molar-refractivity contribution in [2.75, 3.05) is 26.2 Å². The number of thiazole rings is 1. The zero-order valence-corrected chi connectivity index (χ0v) is 19.3. The number of carbonyl (C=O) groups is 1. The number of allylic oxidation sites excluding steroid dienone is 2. The summed E-state index contributed by atoms with van der Waals surface area (Å²) in [5.74, 6) is 1.31. The number of piperidine rings is 1. The maximum Gasteiger partial charge on any atom is 0.226 e. The van der Waals surface area contributed by atoms with Gasteiger partial charge in [-0.1, -0.05) is 31.2 Å². The lowest BCUT2D eigenvalue weighted by Crippen LogP contribution is -2.44. The Hall–Kier alpha value is -1.14. The quantitative estimate of drug-likeness (QED) is 0.642. The van der Waals surface area contributed by atoms with Crippen LogP contribution in [-0.4, -0.2) is 42.0 Å². The standard InChI is InChI=1S/C22H29N3OS.2ClH/c1-2-23-15-16-11-13-25(14-12-16)22(26)18-8-4-3-7-17(18)21-24-19-9-5-6-10-20(19)27-21;;/h3-6,9-10,16-18,23H,2,7-8,11-15H2,1H3;2*1H. The Labute approximate surface area is 190 Å². The molecule has 2 atom stereocenters. The van der Waals surface area contributed by atoms with Crippen LogP contribution in [0.1, 0.15) is 43.5 Å². The Kier molecular flexibility index (Phi) is 9.41. The fourth-order valence-electron chi connectivity index (χ4n) is 4.35. The van der Waals surface area contributed by atoms with Gasteiger partial charge in [-0.2, -0.15) is 0 Å². The van der Waals surface area contributed by atoms with Crippen molar-refractivity contribution < 1.29 is 4.79 Å². The molecule has 0 saturated carbocycles. The molecule has 4 nitrogen and oxygen atoms in total. The van der Waals surface area contributed by atoms with E-state index in [0.29, 0.717) is 11.8 Å². The van der Waals surface area contributed by atoms with E-state index in [0.717, 1.165) is 62.4 Å². The monoisotopic (exact) mass is 455 g/mol. The molecule has 1 aliphatic heterocycles. The molecule has 2 aliphatic rings. The SMILES string of the molecule is CCNCC1CCN(C(=O)C2CC=CCC2c2nc3ccccc3s2)CC1.Cl.Cl. The van der Waals surface area contributed by atoms with E-state index in [4.69, 9.17) is 4.98 Å². The molecular weight excluding hydrogens is 425 g/mol. The van der Waals surface area contributed by atoms with E-state index in [9.17, 15) is 4.79 Å². The molecule has 4 rings (SSSR count). The van der Waals surface area contributed by atoms with E-state index in [-0.39, 0.29) is 36.6 Å². The van der Waals surface area contributed by atoms with Crippen LogP contribution in [0.25, 0.3) is 10.2 Å². The number of benzene rings is 1. The predicted molar refractivity (Wildman–Crippen MR) is 127 cm³/mol. The van der Waals surface area contributed by atoms with Gasteiger partial charge in [0.05, 0.1) is 21.1 Å². The van der Waals surface area contributed by atoms with E-state index in [1.54, 1.807) is 11.3 Å². The maximum absolute atomic E-state index is 13.3. The number of nitrogens with one attached hydrogen (secondary N) is 1. The summed E-state index contributed by atoms with van der Waals surface area (Å²) in [4.78, 5) is 20.3. The van der Waals surface area contributed by atoms with Gasteiger partial charge >= 0.3 is 0 Å². The number of fused-ring (bicyclic) bond motifs is 1. The lowest BCUT2D eigenvalue weighted by atomic mass is 9.81. The van der Waals surface area contributed by atoms with Crippen LogP contribution in [0.5, 0.6) is 0 Å². The molecular formula is C22H31Cl2N3OS. The molecule has 1 aliphatic carbocycles. The van der Waals surface area contributed by atoms with E-state index < -0.39 is 0 Å². The molecule has 2 heterocycles. The molecule has 1 N–H and O–H groups in total. The first-order valence-corrected chi connectivity index (χ1v) is 11.1. The molecule has 1 saturated heterocycles. The molecule has 1 fully saturated rings. The highest BCUT2D eigenvalue weighted by molar-refractivity contribution is 7.18. The highest BCUT2D eigenvalue weighted by Gasteiger charge is 2.36. The van der Waals surface area contributed by atoms with Crippen molar-refractivity contribution in [2.45, 2.75) is 38.5 Å². The summed E-state index contributed by atoms with van der Waals surface area (Å²) in [7, 11) is 0. The summed E-state index contributed by atoms with van der Waals surface area (Å²) >= 11 is 1.76. The molecule has 0 spiro atoms. The minimum Gasteiger partial charge on any atom is -0.342 e. The summed E-state index contributed by atoms with van der Waals surface area (Å²) in [6, 6.07) is 8.29. The molecule has 2 aromatic rings. The predicted octanol–water partition coefficient (Wildman–Crippen LogP) is 5.04. The number of likely N-dealkylation sites (tertiary alicyclic amines) is 1. The molecule has 29 heavy (non-hydrogen) atoms. The van der Waals surface area contributed by atoms with Crippen molar-refractivity contribution >= 4 is 52.3 Å². The van der Waals surface area contributed by atoms with E-state index in [1.807, 2.05) is 6.07 Å². The minimum atomic E-state index is 0. The lowest BCUT2D eigenvalue weighted by Gasteiger charge is -2.36. The highest BCUT2D eigenvalue weighted by atomic mass is 35.5. The zero-order valence-electron chi connectivity index (χ0n) is 16.9. The Bertz CT molecular complexity index is 784. The van der Waals surface area contributed by atoms with Crippen LogP contribution < -0.4 is 5.32 Å². The first-order chi connectivity index (χ1) is 13.3. The van der Waals surface area contributed by atoms with Crippen LogP contribution in [-0.2, 0) is 4.79 Å². The number of hydrogen-bond donors (Lipinski definition) is 1. The van der Waals surface area contributed by atoms with Gasteiger partial charge in [-0.15, -0.1) is 36.2 Å². The molecule has 0 radical (unpaired) electrons. The molecule has 1 aromatic heterocycles. The van der Waals surface area contributed by atoms with Crippen LogP contribution in [0.2, 0.25) is 0 Å². The number of nitrogens with zero attached hydrogens (tertiary/aromatic N) is 2. The number of para-hydroxylation sites is 1. The number of halogens is 2. The van der Waals surface area contributed by atoms with E-state index in [1.165, 1.54) is 4.70 Å². The summed E-state index contributed by atoms with van der Waals surface area (Å²) in [6.07, 6.45) is 8.41. The fourth-order valence-corrected chi connectivity index (χ4v) is 5.50. The van der Waals surface area contributed by atoms with Crippen molar-refractivity contribution in [2.24, 2.45) is 11.8 Å². The molecule has 1 aromatic carbocycles. The van der Waals surface area contributed by atoms with E-state index in [2.05, 4.69) is 47.5 Å². The number of carbonyl (C=O) groups excluding carboxylic acids is 1. The molecule has 7 heteroatoms. The maximum atomic E-state index is 13.3. The van der Waals surface area contributed by atoms with Gasteiger partial charge in [0, 0.05) is 19.0 Å². The third-order valence-corrected chi connectivity index (χ3v) is 7.15. The largest absolute Gasteiger partial charge is 0.342 e. The van der Waals surface area contributed by atoms with Crippen molar-refractivity contribution in [3.8, 4) is 0 Å². The van der Waals surface area contributed by atoms with Gasteiger partial charge in [-0.05, 0) is 56.8 Å². The second kappa shape index (κ2) is 11.3. The van der Waals surface area contributed by atoms with Crippen LogP contribution in [0.3, 0.4) is 0 Å². The van der Waals surface area contributed by atoms with Crippen molar-refractivity contribution in [1.82, 2.24) is 15.2 Å². The number of rotatable bonds is 5. The fraction of sp³-hybridized carbons (Fsp3) is 0.545. The van der Waals surface area contributed by atoms with Gasteiger partial charge in [0.2, 0.25) is 5.91 Å². The number of hydrogen-bond acceptors (Lipinski definition) is 4. The van der Waals surface area contributed by atoms with Crippen molar-refractivity contribution in [3.63, 3.8) is 0 Å². The normalized spacial score (nSPS) is 22.2. The van der Waals surface area contributed by atoms with Crippen LogP contribution in [0.15, 0.2) is 36.4 Å². The second-order valence-corrected chi connectivity index (χ2v) is 8.81. The Morgan fingerprint density at radius 2 is 1.90 bits per heavy atom. The van der Waals surface area contributed by atoms with Crippen LogP contribution in [0.4, 0.5) is 0 Å². The first kappa shape index (κ1) is 24.1. The average Bonchev–Trinajstić information content (AvgIpc) is 3.16. The number of aromatic nitrogens is 1. The summed E-state index contributed by atoms with van der Waals surface area (Å²) in [5.41, 5.74) is 1.06. The van der Waals surface area contributed by atoms with Gasteiger partial charge in [-0.25, -0.2) is 4.98 Å². The van der Waals surface area contributed by atoms with Crippen LogP contribution in [0, 0.1) is 11.8 Å². The Morgan fingerprint density at radius 1 is 1.17 bits per heavy atom. The van der Waals surface area contributed by atoms with Crippen molar-refractivity contribution in [1.29, 1.82) is 0 Å². The topological polar surface area (TPSA) is 45.2 Å². The van der Waals surface area contributed by atoms with Crippen LogP contribution >= 0.6 is 36.2 Å². The van der Waals surface area contributed by atoms with Gasteiger partial charge in [0.15, 0.2) is 0 Å². The first-order valence-electron chi connectivity index (χ1n) is 10.3. The molecule has 160 valence electrons. The van der Waals surface area contributed by atoms with Crippen molar-refractivity contribution in [3.05, 3.63) is 41.4 Å². The lowest BCUT2D eigenvalue weighted by molar-refractivity contribution is -0.137. The summed E-state index contributed by atoms with van der Waals surface area (Å²) in [5, 5.41) is 4.57. The molecule has 1 amide bonds. The molecule has 2 unspecified atom stereocenters. The smallest absolute Gasteiger partial charge is 0.226 e. The van der Waals surface area contributed by atoms with Gasteiger partial charge in [0.25, 0.3) is 0 Å². The second-order valence-electron chi connectivity index (χ2n) is 7.75. The number of amides is 1. The van der Waals surface area contributed by atoms with Gasteiger partial charge < -0.3 is 10.2 Å². The highest BCUT2D eigenvalue weighted by Crippen LogP contribution is 2.39.